The van der Waals surface area contributed by atoms with Crippen molar-refractivity contribution >= 4 is 36.6 Å². The standard InChI is InChI=1S/C9H18FN3O2.2ClH/c1-6(5-13-8(12)4-10)2-3-7(11)9(14)15;;/h6-7H,2-5,11H2,1H3,(H2,12,13)(H,14,15);2*1H. The average Bonchev–Trinajstić information content (AvgIpc) is 2.21. The normalized spacial score (nSPS) is 12.6. The number of hydrogen-bond acceptors (Lipinski definition) is 3. The highest BCUT2D eigenvalue weighted by Gasteiger charge is 2.13. The highest BCUT2D eigenvalue weighted by atomic mass is 35.5. The maximum atomic E-state index is 11.9. The Labute approximate surface area is 113 Å². The summed E-state index contributed by atoms with van der Waals surface area (Å²) in [4.78, 5) is 10.4. The number of rotatable bonds is 7. The van der Waals surface area contributed by atoms with Crippen molar-refractivity contribution in [1.82, 2.24) is 5.32 Å². The highest BCUT2D eigenvalue weighted by Crippen LogP contribution is 2.06. The van der Waals surface area contributed by atoms with Crippen LogP contribution in [0.25, 0.3) is 0 Å². The lowest BCUT2D eigenvalue weighted by molar-refractivity contribution is -0.138. The minimum absolute atomic E-state index is 0. The number of carboxylic acids is 1. The van der Waals surface area contributed by atoms with E-state index >= 15 is 0 Å². The SMILES string of the molecule is CC(CCC(N)C(=O)O)CNC(=N)CF.Cl.Cl. The van der Waals surface area contributed by atoms with Crippen molar-refractivity contribution in [3.05, 3.63) is 0 Å². The average molecular weight is 292 g/mol. The van der Waals surface area contributed by atoms with Crippen LogP contribution in [0, 0.1) is 11.3 Å². The Bertz CT molecular complexity index is 232. The van der Waals surface area contributed by atoms with Gasteiger partial charge in [-0.15, -0.1) is 24.8 Å². The summed E-state index contributed by atoms with van der Waals surface area (Å²) >= 11 is 0. The zero-order chi connectivity index (χ0) is 11.8. The number of nitrogens with two attached hydrogens (primary N) is 1. The molecule has 0 aliphatic carbocycles. The molecule has 104 valence electrons. The van der Waals surface area contributed by atoms with Gasteiger partial charge in [0.25, 0.3) is 0 Å². The molecular weight excluding hydrogens is 272 g/mol. The lowest BCUT2D eigenvalue weighted by Gasteiger charge is -2.14. The van der Waals surface area contributed by atoms with Gasteiger partial charge in [0.2, 0.25) is 0 Å². The van der Waals surface area contributed by atoms with Crippen LogP contribution < -0.4 is 11.1 Å². The van der Waals surface area contributed by atoms with Crippen molar-refractivity contribution < 1.29 is 14.3 Å². The minimum atomic E-state index is -1.01. The maximum absolute atomic E-state index is 11.9. The monoisotopic (exact) mass is 291 g/mol. The molecule has 0 amide bonds. The Hall–Kier alpha value is -0.590. The van der Waals surface area contributed by atoms with Crippen LogP contribution in [0.1, 0.15) is 19.8 Å². The molecule has 0 aromatic heterocycles. The zero-order valence-corrected chi connectivity index (χ0v) is 11.2. The number of nitrogens with one attached hydrogen (secondary N) is 2. The third kappa shape index (κ3) is 11.7. The quantitative estimate of drug-likeness (QED) is 0.418. The second kappa shape index (κ2) is 11.9. The highest BCUT2D eigenvalue weighted by molar-refractivity contribution is 5.85. The first-order valence-electron chi connectivity index (χ1n) is 4.83. The van der Waals surface area contributed by atoms with Crippen LogP contribution in [0.5, 0.6) is 0 Å². The summed E-state index contributed by atoms with van der Waals surface area (Å²) in [6.45, 7) is 1.56. The van der Waals surface area contributed by atoms with E-state index in [4.69, 9.17) is 16.2 Å². The molecule has 0 aromatic rings. The van der Waals surface area contributed by atoms with Gasteiger partial charge < -0.3 is 16.2 Å². The van der Waals surface area contributed by atoms with E-state index in [1.807, 2.05) is 6.92 Å². The van der Waals surface area contributed by atoms with Gasteiger partial charge in [-0.2, -0.15) is 0 Å². The Balaban J connectivity index is -0.000000980. The van der Waals surface area contributed by atoms with E-state index in [1.54, 1.807) is 0 Å². The summed E-state index contributed by atoms with van der Waals surface area (Å²) in [5, 5.41) is 18.1. The van der Waals surface area contributed by atoms with Gasteiger partial charge in [0.1, 0.15) is 18.6 Å². The fraction of sp³-hybridized carbons (Fsp3) is 0.778. The van der Waals surface area contributed by atoms with Crippen LogP contribution in [0.2, 0.25) is 0 Å². The summed E-state index contributed by atoms with van der Waals surface area (Å²) in [6.07, 6.45) is 1.03. The molecule has 0 aliphatic heterocycles. The number of alkyl halides is 1. The van der Waals surface area contributed by atoms with Crippen molar-refractivity contribution in [3.8, 4) is 0 Å². The lowest BCUT2D eigenvalue weighted by atomic mass is 10.0. The predicted molar refractivity (Wildman–Crippen MR) is 70.2 cm³/mol. The van der Waals surface area contributed by atoms with E-state index in [0.29, 0.717) is 19.4 Å². The second-order valence-electron chi connectivity index (χ2n) is 3.62. The van der Waals surface area contributed by atoms with Crippen LogP contribution >= 0.6 is 24.8 Å². The number of carbonyl (C=O) groups is 1. The van der Waals surface area contributed by atoms with Gasteiger partial charge in [0.15, 0.2) is 0 Å². The van der Waals surface area contributed by atoms with Crippen LogP contribution in [0.15, 0.2) is 0 Å². The lowest BCUT2D eigenvalue weighted by Crippen LogP contribution is -2.32. The molecule has 0 fully saturated rings. The van der Waals surface area contributed by atoms with Crippen LogP contribution in [-0.4, -0.2) is 36.2 Å². The topological polar surface area (TPSA) is 99.2 Å². The van der Waals surface area contributed by atoms with E-state index in [0.717, 1.165) is 0 Å². The molecule has 17 heavy (non-hydrogen) atoms. The Morgan fingerprint density at radius 3 is 2.41 bits per heavy atom. The van der Waals surface area contributed by atoms with Crippen molar-refractivity contribution in [2.24, 2.45) is 11.7 Å². The van der Waals surface area contributed by atoms with Gasteiger partial charge >= 0.3 is 5.97 Å². The first kappa shape index (κ1) is 21.7. The molecule has 2 atom stereocenters. The van der Waals surface area contributed by atoms with Gasteiger partial charge in [-0.25, -0.2) is 4.39 Å². The van der Waals surface area contributed by atoms with Crippen LogP contribution in [0.3, 0.4) is 0 Å². The van der Waals surface area contributed by atoms with E-state index in [-0.39, 0.29) is 36.6 Å². The largest absolute Gasteiger partial charge is 0.480 e. The molecule has 0 heterocycles. The summed E-state index contributed by atoms with van der Waals surface area (Å²) < 4.78 is 11.9. The Morgan fingerprint density at radius 1 is 1.47 bits per heavy atom. The van der Waals surface area contributed by atoms with Crippen molar-refractivity contribution in [3.63, 3.8) is 0 Å². The molecule has 0 saturated heterocycles. The van der Waals surface area contributed by atoms with Crippen molar-refractivity contribution in [2.75, 3.05) is 13.2 Å². The van der Waals surface area contributed by atoms with Crippen LogP contribution in [0.4, 0.5) is 4.39 Å². The molecule has 0 radical (unpaired) electrons. The first-order chi connectivity index (χ1) is 6.97. The summed E-state index contributed by atoms with van der Waals surface area (Å²) in [5.41, 5.74) is 5.32. The molecular formula is C9H20Cl2FN3O2. The second-order valence-corrected chi connectivity index (χ2v) is 3.62. The van der Waals surface area contributed by atoms with Crippen LogP contribution in [-0.2, 0) is 4.79 Å². The Kier molecular flexibility index (Phi) is 15.1. The number of aliphatic carboxylic acids is 1. The van der Waals surface area contributed by atoms with Gasteiger partial charge in [-0.3, -0.25) is 10.2 Å². The Morgan fingerprint density at radius 2 is 2.00 bits per heavy atom. The van der Waals surface area contributed by atoms with Gasteiger partial charge in [-0.05, 0) is 18.8 Å². The van der Waals surface area contributed by atoms with Crippen molar-refractivity contribution in [1.29, 1.82) is 5.41 Å². The van der Waals surface area contributed by atoms with Gasteiger partial charge in [-0.1, -0.05) is 6.92 Å². The van der Waals surface area contributed by atoms with Gasteiger partial charge in [0.05, 0.1) is 0 Å². The van der Waals surface area contributed by atoms with E-state index in [2.05, 4.69) is 5.32 Å². The summed E-state index contributed by atoms with van der Waals surface area (Å²) in [5.74, 6) is -0.988. The van der Waals surface area contributed by atoms with Crippen molar-refractivity contribution in [2.45, 2.75) is 25.8 Å². The summed E-state index contributed by atoms with van der Waals surface area (Å²) in [7, 11) is 0. The fourth-order valence-corrected chi connectivity index (χ4v) is 1.03. The molecule has 0 aliphatic rings. The molecule has 8 heteroatoms. The molecule has 0 saturated carbocycles. The third-order valence-corrected chi connectivity index (χ3v) is 2.09. The smallest absolute Gasteiger partial charge is 0.320 e. The van der Waals surface area contributed by atoms with E-state index < -0.39 is 18.7 Å². The molecule has 5 nitrogen and oxygen atoms in total. The van der Waals surface area contributed by atoms with E-state index in [1.165, 1.54) is 0 Å². The predicted octanol–water partition coefficient (Wildman–Crippen LogP) is 1.19. The number of carboxylic acid groups (broad SMARTS) is 1. The van der Waals surface area contributed by atoms with Gasteiger partial charge in [0, 0.05) is 6.54 Å². The number of amidine groups is 1. The first-order valence-corrected chi connectivity index (χ1v) is 4.83. The molecule has 0 rings (SSSR count). The zero-order valence-electron chi connectivity index (χ0n) is 9.61. The molecule has 5 N–H and O–H groups in total. The molecule has 0 bridgehead atoms. The third-order valence-electron chi connectivity index (χ3n) is 2.09. The maximum Gasteiger partial charge on any atom is 0.320 e. The molecule has 2 unspecified atom stereocenters. The van der Waals surface area contributed by atoms with E-state index in [9.17, 15) is 9.18 Å². The molecule has 0 spiro atoms. The number of hydrogen-bond donors (Lipinski definition) is 4. The number of halogens is 3. The fourth-order valence-electron chi connectivity index (χ4n) is 1.03. The minimum Gasteiger partial charge on any atom is -0.480 e. The summed E-state index contributed by atoms with van der Waals surface area (Å²) in [6, 6.07) is -0.840. The molecule has 0 aromatic carbocycles.